The van der Waals surface area contributed by atoms with Crippen LogP contribution in [0.4, 0.5) is 0 Å². The number of hydrogen-bond donors (Lipinski definition) is 1. The van der Waals surface area contributed by atoms with Gasteiger partial charge in [0.1, 0.15) is 22.9 Å². The second-order valence-corrected chi connectivity index (χ2v) is 4.09. The van der Waals surface area contributed by atoms with E-state index in [1.165, 1.54) is 7.11 Å². The van der Waals surface area contributed by atoms with Crippen molar-refractivity contribution in [1.29, 1.82) is 0 Å². The number of fused-ring (bicyclic) bond motifs is 3. The van der Waals surface area contributed by atoms with Crippen LogP contribution in [0.25, 0.3) is 0 Å². The van der Waals surface area contributed by atoms with E-state index in [-0.39, 0.29) is 22.9 Å². The van der Waals surface area contributed by atoms with Crippen molar-refractivity contribution >= 4 is 11.6 Å². The van der Waals surface area contributed by atoms with E-state index in [0.717, 1.165) is 18.7 Å². The quantitative estimate of drug-likeness (QED) is 0.739. The highest BCUT2D eigenvalue weighted by Crippen LogP contribution is 2.28. The van der Waals surface area contributed by atoms with Gasteiger partial charge in [-0.3, -0.25) is 9.59 Å². The van der Waals surface area contributed by atoms with Crippen molar-refractivity contribution in [2.75, 3.05) is 7.11 Å². The van der Waals surface area contributed by atoms with Crippen molar-refractivity contribution in [3.63, 3.8) is 0 Å². The summed E-state index contributed by atoms with van der Waals surface area (Å²) in [4.78, 5) is 28.3. The minimum atomic E-state index is -0.418. The van der Waals surface area contributed by atoms with Gasteiger partial charge in [-0.2, -0.15) is 0 Å². The molecule has 6 nitrogen and oxygen atoms in total. The molecule has 17 heavy (non-hydrogen) atoms. The first-order valence-electron chi connectivity index (χ1n) is 5.37. The van der Waals surface area contributed by atoms with Gasteiger partial charge in [0.15, 0.2) is 5.76 Å². The van der Waals surface area contributed by atoms with Crippen LogP contribution in [0.2, 0.25) is 0 Å². The molecule has 0 spiro atoms. The van der Waals surface area contributed by atoms with E-state index in [4.69, 9.17) is 10.5 Å². The molecule has 0 bridgehead atoms. The van der Waals surface area contributed by atoms with Crippen molar-refractivity contribution in [3.05, 3.63) is 28.7 Å². The maximum atomic E-state index is 12.1. The van der Waals surface area contributed by atoms with Crippen LogP contribution in [0.5, 0.6) is 0 Å². The van der Waals surface area contributed by atoms with Gasteiger partial charge in [0, 0.05) is 13.0 Å². The number of aromatic nitrogens is 2. The number of hydrogen-bond acceptors (Lipinski definition) is 5. The highest BCUT2D eigenvalue weighted by atomic mass is 16.5. The molecular weight excluding hydrogens is 222 g/mol. The topological polar surface area (TPSA) is 87.2 Å². The summed E-state index contributed by atoms with van der Waals surface area (Å²) in [6.45, 7) is 0.716. The fraction of sp³-hybridized carbons (Fsp3) is 0.364. The second-order valence-electron chi connectivity index (χ2n) is 4.09. The Morgan fingerprint density at radius 2 is 2.12 bits per heavy atom. The van der Waals surface area contributed by atoms with E-state index >= 15 is 0 Å². The minimum Gasteiger partial charge on any atom is -0.491 e. The van der Waals surface area contributed by atoms with Crippen LogP contribution in [0, 0.1) is 0 Å². The lowest BCUT2D eigenvalue weighted by Gasteiger charge is -2.15. The molecule has 1 aromatic heterocycles. The van der Waals surface area contributed by atoms with Gasteiger partial charge in [0.05, 0.1) is 7.11 Å². The van der Waals surface area contributed by atoms with Gasteiger partial charge in [0.2, 0.25) is 11.6 Å². The first kappa shape index (κ1) is 10.1. The summed E-state index contributed by atoms with van der Waals surface area (Å²) in [6.07, 6.45) is 1.73. The number of ketones is 2. The normalized spacial score (nSPS) is 18.4. The van der Waals surface area contributed by atoms with Crippen molar-refractivity contribution in [2.45, 2.75) is 19.4 Å². The van der Waals surface area contributed by atoms with Gasteiger partial charge >= 0.3 is 0 Å². The fourth-order valence-corrected chi connectivity index (χ4v) is 2.38. The van der Waals surface area contributed by atoms with E-state index in [9.17, 15) is 9.59 Å². The molecule has 88 valence electrons. The molecule has 0 fully saturated rings. The molecule has 0 amide bonds. The molecule has 6 heteroatoms. The minimum absolute atomic E-state index is 0.0721. The summed E-state index contributed by atoms with van der Waals surface area (Å²) in [5.74, 6) is -0.0578. The average molecular weight is 233 g/mol. The zero-order valence-electron chi connectivity index (χ0n) is 9.32. The third-order valence-electron chi connectivity index (χ3n) is 3.16. The highest BCUT2D eigenvalue weighted by molar-refractivity contribution is 6.24. The maximum absolute atomic E-state index is 12.1. The number of ether oxygens (including phenoxy) is 1. The number of carbonyl (C=O) groups is 2. The molecular formula is C11H11N3O3. The molecule has 1 aliphatic heterocycles. The Balaban J connectivity index is 2.25. The summed E-state index contributed by atoms with van der Waals surface area (Å²) >= 11 is 0. The molecule has 0 atom stereocenters. The van der Waals surface area contributed by atoms with Gasteiger partial charge in [-0.25, -0.2) is 4.98 Å². The fourth-order valence-electron chi connectivity index (χ4n) is 2.38. The van der Waals surface area contributed by atoms with E-state index in [0.29, 0.717) is 12.2 Å². The number of allylic oxidation sites excluding steroid dienone is 2. The molecule has 0 unspecified atom stereocenters. The summed E-state index contributed by atoms with van der Waals surface area (Å²) in [6, 6.07) is 0. The number of aryl methyl sites for hydroxylation is 1. The van der Waals surface area contributed by atoms with Gasteiger partial charge in [-0.15, -0.1) is 0 Å². The molecule has 0 saturated carbocycles. The third kappa shape index (κ3) is 1.12. The number of methoxy groups -OCH3 is 1. The summed E-state index contributed by atoms with van der Waals surface area (Å²) in [7, 11) is 1.33. The smallest absolute Gasteiger partial charge is 0.248 e. The van der Waals surface area contributed by atoms with E-state index in [1.54, 1.807) is 4.57 Å². The monoisotopic (exact) mass is 233 g/mol. The second kappa shape index (κ2) is 3.19. The summed E-state index contributed by atoms with van der Waals surface area (Å²) in [5.41, 5.74) is 5.94. The Bertz CT molecular complexity index is 583. The number of imidazole rings is 1. The van der Waals surface area contributed by atoms with E-state index in [1.807, 2.05) is 0 Å². The number of nitrogens with two attached hydrogens (primary N) is 1. The Kier molecular flexibility index (Phi) is 1.89. The van der Waals surface area contributed by atoms with Gasteiger partial charge in [-0.05, 0) is 6.42 Å². The number of nitrogens with zero attached hydrogens (tertiary/aromatic N) is 2. The molecule has 2 N–H and O–H groups in total. The van der Waals surface area contributed by atoms with Crippen LogP contribution in [-0.4, -0.2) is 28.2 Å². The van der Waals surface area contributed by atoms with Gasteiger partial charge < -0.3 is 15.0 Å². The first-order valence-corrected chi connectivity index (χ1v) is 5.37. The highest BCUT2D eigenvalue weighted by Gasteiger charge is 2.38. The maximum Gasteiger partial charge on any atom is 0.248 e. The van der Waals surface area contributed by atoms with Crippen LogP contribution < -0.4 is 5.73 Å². The predicted molar refractivity (Wildman–Crippen MR) is 57.4 cm³/mol. The van der Waals surface area contributed by atoms with Crippen LogP contribution in [0.3, 0.4) is 0 Å². The zero-order chi connectivity index (χ0) is 12.2. The lowest BCUT2D eigenvalue weighted by molar-refractivity contribution is 0.0895. The lowest BCUT2D eigenvalue weighted by Crippen LogP contribution is -2.28. The SMILES string of the molecule is COC1=C(N)C(=O)c2nc3n(c2C1=O)CCC3. The lowest BCUT2D eigenvalue weighted by atomic mass is 10.0. The Morgan fingerprint density at radius 3 is 2.82 bits per heavy atom. The standard InChI is InChI=1S/C11H11N3O3/c1-17-11-6(12)9(15)7-8(10(11)16)14-4-2-3-5(14)13-7/h2-4,12H2,1H3. The van der Waals surface area contributed by atoms with Crippen molar-refractivity contribution in [1.82, 2.24) is 9.55 Å². The average Bonchev–Trinajstić information content (AvgIpc) is 2.86. The predicted octanol–water partition coefficient (Wildman–Crippen LogP) is 0.0250. The van der Waals surface area contributed by atoms with Crippen LogP contribution >= 0.6 is 0 Å². The van der Waals surface area contributed by atoms with Crippen molar-refractivity contribution < 1.29 is 14.3 Å². The first-order chi connectivity index (χ1) is 8.15. The third-order valence-corrected chi connectivity index (χ3v) is 3.16. The number of Topliss-reactive ketones (excluding diaryl/α,β-unsaturated/α-hetero) is 2. The summed E-state index contributed by atoms with van der Waals surface area (Å²) in [5, 5.41) is 0. The Labute approximate surface area is 97.1 Å². The van der Waals surface area contributed by atoms with E-state index in [2.05, 4.69) is 4.98 Å². The molecule has 1 aliphatic carbocycles. The Morgan fingerprint density at radius 1 is 1.35 bits per heavy atom. The molecule has 0 radical (unpaired) electrons. The van der Waals surface area contributed by atoms with Crippen molar-refractivity contribution in [3.8, 4) is 0 Å². The van der Waals surface area contributed by atoms with Crippen LogP contribution in [-0.2, 0) is 17.7 Å². The molecule has 3 rings (SSSR count). The van der Waals surface area contributed by atoms with Crippen molar-refractivity contribution in [2.24, 2.45) is 5.73 Å². The molecule has 1 aromatic rings. The van der Waals surface area contributed by atoms with Crippen LogP contribution in [0.1, 0.15) is 33.2 Å². The number of rotatable bonds is 1. The van der Waals surface area contributed by atoms with Gasteiger partial charge in [-0.1, -0.05) is 0 Å². The summed E-state index contributed by atoms with van der Waals surface area (Å²) < 4.78 is 6.71. The Hall–Kier alpha value is -2.11. The number of carbonyl (C=O) groups excluding carboxylic acids is 2. The molecule has 0 saturated heterocycles. The van der Waals surface area contributed by atoms with Crippen LogP contribution in [0.15, 0.2) is 11.5 Å². The zero-order valence-corrected chi connectivity index (χ0v) is 9.32. The largest absolute Gasteiger partial charge is 0.491 e. The molecule has 0 aromatic carbocycles. The van der Waals surface area contributed by atoms with E-state index < -0.39 is 5.78 Å². The molecule has 2 heterocycles. The van der Waals surface area contributed by atoms with Gasteiger partial charge in [0.25, 0.3) is 0 Å². The molecule has 2 aliphatic rings.